The van der Waals surface area contributed by atoms with Gasteiger partial charge in [-0.05, 0) is 19.9 Å². The smallest absolute Gasteiger partial charge is 0.256 e. The molecule has 0 aliphatic rings. The third-order valence-corrected chi connectivity index (χ3v) is 1.18. The van der Waals surface area contributed by atoms with Gasteiger partial charge in [-0.1, -0.05) is 6.08 Å². The second-order valence-electron chi connectivity index (χ2n) is 2.18. The van der Waals surface area contributed by atoms with E-state index in [0.29, 0.717) is 0 Å². The van der Waals surface area contributed by atoms with Crippen LogP contribution in [-0.2, 0) is 9.59 Å². The predicted molar refractivity (Wildman–Crippen MR) is 44.3 cm³/mol. The zero-order chi connectivity index (χ0) is 9.72. The summed E-state index contributed by atoms with van der Waals surface area (Å²) in [7, 11) is 0. The van der Waals surface area contributed by atoms with E-state index in [1.54, 1.807) is 6.92 Å². The number of aliphatic hydroxyl groups excluding tert-OH is 1. The molecule has 0 aromatic heterocycles. The van der Waals surface area contributed by atoms with Gasteiger partial charge in [0.2, 0.25) is 0 Å². The number of hydrogen-bond donors (Lipinski definition) is 2. The van der Waals surface area contributed by atoms with Crippen molar-refractivity contribution in [2.75, 3.05) is 0 Å². The van der Waals surface area contributed by atoms with Gasteiger partial charge >= 0.3 is 0 Å². The fraction of sp³-hybridized carbons (Fsp3) is 0.250. The largest absolute Gasteiger partial charge is 0.507 e. The average molecular weight is 169 g/mol. The van der Waals surface area contributed by atoms with Crippen molar-refractivity contribution in [3.05, 3.63) is 23.5 Å². The van der Waals surface area contributed by atoms with Gasteiger partial charge in [0.1, 0.15) is 11.3 Å². The molecule has 0 aromatic carbocycles. The summed E-state index contributed by atoms with van der Waals surface area (Å²) in [6, 6.07) is 0. The number of rotatable bonds is 3. The Bertz CT molecular complexity index is 247. The molecular weight excluding hydrogens is 158 g/mol. The minimum absolute atomic E-state index is 0.367. The van der Waals surface area contributed by atoms with Crippen LogP contribution < -0.4 is 5.73 Å². The molecule has 4 nitrogen and oxygen atoms in total. The van der Waals surface area contributed by atoms with Crippen molar-refractivity contribution in [1.82, 2.24) is 0 Å². The molecule has 0 saturated heterocycles. The van der Waals surface area contributed by atoms with Crippen LogP contribution in [0.1, 0.15) is 13.8 Å². The third-order valence-electron chi connectivity index (χ3n) is 1.18. The van der Waals surface area contributed by atoms with Gasteiger partial charge in [0.15, 0.2) is 5.78 Å². The van der Waals surface area contributed by atoms with Gasteiger partial charge in [0.05, 0.1) is 0 Å². The highest BCUT2D eigenvalue weighted by molar-refractivity contribution is 6.18. The molecule has 0 atom stereocenters. The van der Waals surface area contributed by atoms with Crippen molar-refractivity contribution < 1.29 is 14.7 Å². The number of hydrogen-bond acceptors (Lipinski definition) is 3. The van der Waals surface area contributed by atoms with Gasteiger partial charge in [0.25, 0.3) is 5.91 Å². The van der Waals surface area contributed by atoms with E-state index < -0.39 is 17.4 Å². The molecule has 12 heavy (non-hydrogen) atoms. The lowest BCUT2D eigenvalue weighted by Crippen LogP contribution is -2.20. The summed E-state index contributed by atoms with van der Waals surface area (Å²) in [4.78, 5) is 21.4. The molecule has 0 aliphatic heterocycles. The van der Waals surface area contributed by atoms with Crippen molar-refractivity contribution in [3.8, 4) is 0 Å². The summed E-state index contributed by atoms with van der Waals surface area (Å²) in [5.74, 6) is -1.85. The normalized spacial score (nSPS) is 12.8. The summed E-state index contributed by atoms with van der Waals surface area (Å²) in [5, 5.41) is 9.12. The van der Waals surface area contributed by atoms with Crippen LogP contribution in [0.25, 0.3) is 0 Å². The maximum absolute atomic E-state index is 10.7. The van der Waals surface area contributed by atoms with E-state index in [1.165, 1.54) is 19.1 Å². The highest BCUT2D eigenvalue weighted by Crippen LogP contribution is 2.03. The second-order valence-corrected chi connectivity index (χ2v) is 2.18. The molecule has 0 rings (SSSR count). The van der Waals surface area contributed by atoms with Crippen molar-refractivity contribution >= 4 is 11.7 Å². The SMILES string of the molecule is C/C=C/C(O)=C(/C(C)=O)C(N)=O. The van der Waals surface area contributed by atoms with E-state index in [0.717, 1.165) is 0 Å². The van der Waals surface area contributed by atoms with E-state index in [4.69, 9.17) is 10.8 Å². The number of allylic oxidation sites excluding steroid dienone is 2. The molecule has 0 heterocycles. The molecule has 0 unspecified atom stereocenters. The van der Waals surface area contributed by atoms with Gasteiger partial charge in [0, 0.05) is 0 Å². The topological polar surface area (TPSA) is 80.4 Å². The highest BCUT2D eigenvalue weighted by Gasteiger charge is 2.14. The number of ketones is 1. The van der Waals surface area contributed by atoms with Crippen molar-refractivity contribution in [3.63, 3.8) is 0 Å². The molecule has 3 N–H and O–H groups in total. The molecule has 66 valence electrons. The molecule has 0 spiro atoms. The van der Waals surface area contributed by atoms with Crippen LogP contribution in [0.3, 0.4) is 0 Å². The molecule has 0 aliphatic carbocycles. The molecule has 0 bridgehead atoms. The van der Waals surface area contributed by atoms with Crippen LogP contribution in [0.4, 0.5) is 0 Å². The Kier molecular flexibility index (Phi) is 3.76. The van der Waals surface area contributed by atoms with Gasteiger partial charge in [-0.25, -0.2) is 0 Å². The van der Waals surface area contributed by atoms with Gasteiger partial charge in [-0.3, -0.25) is 9.59 Å². The predicted octanol–water partition coefficient (Wildman–Crippen LogP) is 0.449. The van der Waals surface area contributed by atoms with E-state index in [1.807, 2.05) is 0 Å². The average Bonchev–Trinajstić information content (AvgIpc) is 1.85. The summed E-state index contributed by atoms with van der Waals surface area (Å²) < 4.78 is 0. The molecule has 0 saturated carbocycles. The Morgan fingerprint density at radius 3 is 2.17 bits per heavy atom. The molecule has 0 aromatic rings. The third kappa shape index (κ3) is 2.57. The molecule has 0 fully saturated rings. The zero-order valence-electron chi connectivity index (χ0n) is 7.00. The van der Waals surface area contributed by atoms with E-state index in [2.05, 4.69) is 0 Å². The summed E-state index contributed by atoms with van der Waals surface area (Å²) in [6.45, 7) is 2.81. The number of nitrogens with two attached hydrogens (primary N) is 1. The Hall–Kier alpha value is -1.58. The fourth-order valence-corrected chi connectivity index (χ4v) is 0.721. The molecular formula is C8H11NO3. The van der Waals surface area contributed by atoms with Gasteiger partial charge < -0.3 is 10.8 Å². The van der Waals surface area contributed by atoms with Crippen LogP contribution in [0.2, 0.25) is 0 Å². The standard InChI is InChI=1S/C8H11NO3/c1-3-4-6(11)7(5(2)10)8(9)12/h3-4,11H,1-2H3,(H2,9,12)/b4-3+,7-6+. The first-order chi connectivity index (χ1) is 5.50. The monoisotopic (exact) mass is 169 g/mol. The highest BCUT2D eigenvalue weighted by atomic mass is 16.3. The first-order valence-electron chi connectivity index (χ1n) is 3.37. The van der Waals surface area contributed by atoms with Gasteiger partial charge in [-0.2, -0.15) is 0 Å². The van der Waals surface area contributed by atoms with Crippen molar-refractivity contribution in [1.29, 1.82) is 0 Å². The molecule has 4 heteroatoms. The lowest BCUT2D eigenvalue weighted by molar-refractivity contribution is -0.120. The van der Waals surface area contributed by atoms with Crippen LogP contribution >= 0.6 is 0 Å². The van der Waals surface area contributed by atoms with Crippen LogP contribution in [0, 0.1) is 0 Å². The minimum Gasteiger partial charge on any atom is -0.507 e. The number of carbonyl (C=O) groups is 2. The minimum atomic E-state index is -0.918. The maximum Gasteiger partial charge on any atom is 0.256 e. The number of carbonyl (C=O) groups excluding carboxylic acids is 2. The maximum atomic E-state index is 10.7. The number of primary amides is 1. The zero-order valence-corrected chi connectivity index (χ0v) is 7.00. The van der Waals surface area contributed by atoms with E-state index >= 15 is 0 Å². The van der Waals surface area contributed by atoms with E-state index in [9.17, 15) is 9.59 Å². The number of aliphatic hydroxyl groups is 1. The second kappa shape index (κ2) is 4.33. The van der Waals surface area contributed by atoms with Crippen LogP contribution in [0.5, 0.6) is 0 Å². The van der Waals surface area contributed by atoms with Crippen LogP contribution in [0.15, 0.2) is 23.5 Å². The van der Waals surface area contributed by atoms with Gasteiger partial charge in [-0.15, -0.1) is 0 Å². The van der Waals surface area contributed by atoms with E-state index in [-0.39, 0.29) is 5.57 Å². The first-order valence-corrected chi connectivity index (χ1v) is 3.37. The number of Topliss-reactive ketones (excluding diaryl/α,β-unsaturated/α-hetero) is 1. The number of amides is 1. The lowest BCUT2D eigenvalue weighted by atomic mass is 10.1. The van der Waals surface area contributed by atoms with Crippen LogP contribution in [-0.4, -0.2) is 16.8 Å². The lowest BCUT2D eigenvalue weighted by Gasteiger charge is -1.98. The Labute approximate surface area is 70.4 Å². The quantitative estimate of drug-likeness (QED) is 0.211. The van der Waals surface area contributed by atoms with Crippen molar-refractivity contribution in [2.24, 2.45) is 5.73 Å². The summed E-state index contributed by atoms with van der Waals surface area (Å²) in [5.41, 5.74) is 4.49. The Morgan fingerprint density at radius 1 is 1.42 bits per heavy atom. The molecule has 0 radical (unpaired) electrons. The first kappa shape index (κ1) is 10.4. The summed E-state index contributed by atoms with van der Waals surface area (Å²) in [6.07, 6.45) is 2.74. The summed E-state index contributed by atoms with van der Waals surface area (Å²) >= 11 is 0. The molecule has 1 amide bonds. The Balaban J connectivity index is 5.07. The van der Waals surface area contributed by atoms with Crippen molar-refractivity contribution in [2.45, 2.75) is 13.8 Å². The Morgan fingerprint density at radius 2 is 1.92 bits per heavy atom. The fourth-order valence-electron chi connectivity index (χ4n) is 0.721.